The second-order valence-electron chi connectivity index (χ2n) is 3.57. The number of halogens is 1. The number of rotatable bonds is 1. The smallest absolute Gasteiger partial charge is 0.234 e. The van der Waals surface area contributed by atoms with Gasteiger partial charge in [0.25, 0.3) is 0 Å². The van der Waals surface area contributed by atoms with Crippen LogP contribution in [0.25, 0.3) is 0 Å². The molecule has 1 aliphatic heterocycles. The van der Waals surface area contributed by atoms with E-state index in [0.717, 1.165) is 0 Å². The van der Waals surface area contributed by atoms with Crippen LogP contribution in [0.1, 0.15) is 12.8 Å². The maximum atomic E-state index is 11.6. The number of alkyl halides is 1. The molecule has 0 aromatic heterocycles. The molecule has 2 rings (SSSR count). The summed E-state index contributed by atoms with van der Waals surface area (Å²) in [5.41, 5.74) is -0.508. The van der Waals surface area contributed by atoms with E-state index < -0.39 is 5.41 Å². The number of carbonyl (C=O) groups excluding carboxylic acids is 2. The standard InChI is InChI=1S/C9H10BrNO2/c10-5-9-4-2-1-3-6(9)7(12)11-8(9)13/h1-2,6H,3-5H2,(H,11,12,13). The molecular weight excluding hydrogens is 234 g/mol. The van der Waals surface area contributed by atoms with E-state index in [2.05, 4.69) is 21.2 Å². The van der Waals surface area contributed by atoms with Gasteiger partial charge in [-0.15, -0.1) is 0 Å². The van der Waals surface area contributed by atoms with E-state index in [9.17, 15) is 9.59 Å². The zero-order chi connectivity index (χ0) is 9.47. The summed E-state index contributed by atoms with van der Waals surface area (Å²) in [6.07, 6.45) is 5.31. The lowest BCUT2D eigenvalue weighted by Gasteiger charge is -2.30. The third-order valence-electron chi connectivity index (χ3n) is 2.93. The predicted molar refractivity (Wildman–Crippen MR) is 51.2 cm³/mol. The third kappa shape index (κ3) is 1.08. The van der Waals surface area contributed by atoms with Gasteiger partial charge in [-0.3, -0.25) is 14.9 Å². The molecule has 1 N–H and O–H groups in total. The van der Waals surface area contributed by atoms with E-state index in [1.165, 1.54) is 0 Å². The third-order valence-corrected chi connectivity index (χ3v) is 3.93. The van der Waals surface area contributed by atoms with Gasteiger partial charge in [0, 0.05) is 5.33 Å². The van der Waals surface area contributed by atoms with Gasteiger partial charge in [0.15, 0.2) is 0 Å². The fourth-order valence-electron chi connectivity index (χ4n) is 2.03. The first-order valence-electron chi connectivity index (χ1n) is 4.27. The van der Waals surface area contributed by atoms with Gasteiger partial charge in [-0.05, 0) is 12.8 Å². The van der Waals surface area contributed by atoms with Crippen molar-refractivity contribution in [3.63, 3.8) is 0 Å². The van der Waals surface area contributed by atoms with Gasteiger partial charge in [0.1, 0.15) is 0 Å². The zero-order valence-electron chi connectivity index (χ0n) is 7.05. The van der Waals surface area contributed by atoms with Gasteiger partial charge < -0.3 is 0 Å². The van der Waals surface area contributed by atoms with Crippen LogP contribution < -0.4 is 5.32 Å². The Balaban J connectivity index is 2.42. The summed E-state index contributed by atoms with van der Waals surface area (Å²) in [5, 5.41) is 2.96. The van der Waals surface area contributed by atoms with Crippen molar-refractivity contribution in [1.29, 1.82) is 0 Å². The lowest BCUT2D eigenvalue weighted by molar-refractivity contribution is -0.127. The van der Waals surface area contributed by atoms with Crippen LogP contribution in [0.2, 0.25) is 0 Å². The predicted octanol–water partition coefficient (Wildman–Crippen LogP) is 0.990. The van der Waals surface area contributed by atoms with Crippen molar-refractivity contribution in [2.75, 3.05) is 5.33 Å². The van der Waals surface area contributed by atoms with Crippen LogP contribution in [0.15, 0.2) is 12.2 Å². The summed E-state index contributed by atoms with van der Waals surface area (Å²) in [6, 6.07) is 0. The lowest BCUT2D eigenvalue weighted by atomic mass is 9.72. The van der Waals surface area contributed by atoms with E-state index >= 15 is 0 Å². The summed E-state index contributed by atoms with van der Waals surface area (Å²) in [7, 11) is 0. The summed E-state index contributed by atoms with van der Waals surface area (Å²) in [5.74, 6) is -0.401. The number of amides is 2. The molecule has 1 aliphatic carbocycles. The highest BCUT2D eigenvalue weighted by Crippen LogP contribution is 2.43. The fraction of sp³-hybridized carbons (Fsp3) is 0.556. The largest absolute Gasteiger partial charge is 0.296 e. The molecule has 4 heteroatoms. The average molecular weight is 244 g/mol. The molecule has 0 saturated carbocycles. The van der Waals surface area contributed by atoms with Crippen LogP contribution in [-0.2, 0) is 9.59 Å². The second-order valence-corrected chi connectivity index (χ2v) is 4.13. The van der Waals surface area contributed by atoms with Crippen molar-refractivity contribution in [2.45, 2.75) is 12.8 Å². The first kappa shape index (κ1) is 8.94. The Kier molecular flexibility index (Phi) is 2.02. The highest BCUT2D eigenvalue weighted by Gasteiger charge is 2.54. The maximum Gasteiger partial charge on any atom is 0.234 e. The minimum Gasteiger partial charge on any atom is -0.296 e. The molecule has 2 aliphatic rings. The average Bonchev–Trinajstić information content (AvgIpc) is 2.41. The van der Waals surface area contributed by atoms with E-state index in [1.807, 2.05) is 12.2 Å². The van der Waals surface area contributed by atoms with Crippen molar-refractivity contribution in [1.82, 2.24) is 5.32 Å². The van der Waals surface area contributed by atoms with Crippen molar-refractivity contribution < 1.29 is 9.59 Å². The van der Waals surface area contributed by atoms with Gasteiger partial charge in [0.05, 0.1) is 11.3 Å². The Bertz CT molecular complexity index is 300. The molecule has 2 unspecified atom stereocenters. The highest BCUT2D eigenvalue weighted by atomic mass is 79.9. The van der Waals surface area contributed by atoms with Crippen LogP contribution in [0.4, 0.5) is 0 Å². The Hall–Kier alpha value is -0.640. The number of hydrogen-bond acceptors (Lipinski definition) is 2. The van der Waals surface area contributed by atoms with E-state index in [1.54, 1.807) is 0 Å². The molecule has 1 saturated heterocycles. The Morgan fingerprint density at radius 3 is 2.92 bits per heavy atom. The summed E-state index contributed by atoms with van der Waals surface area (Å²) in [6.45, 7) is 0. The van der Waals surface area contributed by atoms with Crippen LogP contribution in [0.5, 0.6) is 0 Å². The van der Waals surface area contributed by atoms with Crippen molar-refractivity contribution >= 4 is 27.7 Å². The molecule has 1 heterocycles. The molecule has 0 radical (unpaired) electrons. The van der Waals surface area contributed by atoms with Gasteiger partial charge in [-0.25, -0.2) is 0 Å². The molecular formula is C9H10BrNO2. The van der Waals surface area contributed by atoms with E-state index in [-0.39, 0.29) is 17.7 Å². The van der Waals surface area contributed by atoms with Crippen LogP contribution in [0.3, 0.4) is 0 Å². The number of hydrogen-bond donors (Lipinski definition) is 1. The number of allylic oxidation sites excluding steroid dienone is 2. The fourth-order valence-corrected chi connectivity index (χ4v) is 2.91. The molecule has 70 valence electrons. The van der Waals surface area contributed by atoms with Gasteiger partial charge >= 0.3 is 0 Å². The normalized spacial score (nSPS) is 37.5. The molecule has 2 atom stereocenters. The molecule has 3 nitrogen and oxygen atoms in total. The molecule has 0 aromatic carbocycles. The summed E-state index contributed by atoms with van der Waals surface area (Å²) >= 11 is 3.33. The second kappa shape index (κ2) is 2.94. The number of imide groups is 1. The first-order valence-corrected chi connectivity index (χ1v) is 5.39. The topological polar surface area (TPSA) is 46.2 Å². The van der Waals surface area contributed by atoms with Crippen LogP contribution >= 0.6 is 15.9 Å². The number of carbonyl (C=O) groups is 2. The first-order chi connectivity index (χ1) is 6.20. The van der Waals surface area contributed by atoms with E-state index in [4.69, 9.17) is 0 Å². The lowest BCUT2D eigenvalue weighted by Crippen LogP contribution is -2.37. The Morgan fingerprint density at radius 2 is 2.31 bits per heavy atom. The Morgan fingerprint density at radius 1 is 1.54 bits per heavy atom. The monoisotopic (exact) mass is 243 g/mol. The summed E-state index contributed by atoms with van der Waals surface area (Å²) < 4.78 is 0. The number of nitrogens with one attached hydrogen (secondary N) is 1. The minimum absolute atomic E-state index is 0.117. The van der Waals surface area contributed by atoms with E-state index in [0.29, 0.717) is 18.2 Å². The van der Waals surface area contributed by atoms with Gasteiger partial charge in [0.2, 0.25) is 11.8 Å². The SMILES string of the molecule is O=C1NC(=O)C2(CBr)CC=CCC12. The molecule has 0 aromatic rings. The minimum atomic E-state index is -0.508. The quantitative estimate of drug-likeness (QED) is 0.424. The molecule has 1 fully saturated rings. The number of fused-ring (bicyclic) bond motifs is 1. The van der Waals surface area contributed by atoms with Crippen LogP contribution in [0, 0.1) is 11.3 Å². The Labute approximate surface area is 84.7 Å². The maximum absolute atomic E-state index is 11.6. The zero-order valence-corrected chi connectivity index (χ0v) is 8.63. The molecule has 13 heavy (non-hydrogen) atoms. The van der Waals surface area contributed by atoms with Crippen molar-refractivity contribution in [3.05, 3.63) is 12.2 Å². The van der Waals surface area contributed by atoms with Gasteiger partial charge in [-0.2, -0.15) is 0 Å². The summed E-state index contributed by atoms with van der Waals surface area (Å²) in [4.78, 5) is 23.0. The van der Waals surface area contributed by atoms with Crippen molar-refractivity contribution in [2.24, 2.45) is 11.3 Å². The molecule has 0 spiro atoms. The highest BCUT2D eigenvalue weighted by molar-refractivity contribution is 9.09. The van der Waals surface area contributed by atoms with Crippen LogP contribution in [-0.4, -0.2) is 17.1 Å². The van der Waals surface area contributed by atoms with Gasteiger partial charge in [-0.1, -0.05) is 28.1 Å². The molecule has 2 amide bonds. The molecule has 0 bridgehead atoms. The van der Waals surface area contributed by atoms with Crippen molar-refractivity contribution in [3.8, 4) is 0 Å².